The molecule has 4 nitrogen and oxygen atoms in total. The zero-order valence-electron chi connectivity index (χ0n) is 15.4. The Morgan fingerprint density at radius 3 is 2.61 bits per heavy atom. The van der Waals surface area contributed by atoms with Crippen molar-refractivity contribution in [2.45, 2.75) is 19.6 Å². The predicted octanol–water partition coefficient (Wildman–Crippen LogP) is 4.99. The van der Waals surface area contributed by atoms with Crippen LogP contribution in [0, 0.1) is 5.82 Å². The molecule has 2 amide bonds. The Kier molecular flexibility index (Phi) is 5.24. The summed E-state index contributed by atoms with van der Waals surface area (Å²) in [6, 6.07) is 21.6. The molecule has 0 saturated carbocycles. The lowest BCUT2D eigenvalue weighted by molar-refractivity contribution is 0.206. The number of carbonyl (C=O) groups excluding carboxylic acids is 1. The molecule has 0 spiro atoms. The van der Waals surface area contributed by atoms with E-state index in [9.17, 15) is 9.18 Å². The van der Waals surface area contributed by atoms with Crippen LogP contribution in [0.2, 0.25) is 0 Å². The molecular weight excluding hydrogens is 355 g/mol. The van der Waals surface area contributed by atoms with Crippen molar-refractivity contribution in [2.24, 2.45) is 0 Å². The van der Waals surface area contributed by atoms with Crippen LogP contribution in [0.15, 0.2) is 72.8 Å². The molecule has 0 saturated heterocycles. The smallest absolute Gasteiger partial charge is 0.322 e. The number of hydrogen-bond acceptors (Lipinski definition) is 2. The van der Waals surface area contributed by atoms with Gasteiger partial charge in [0.1, 0.15) is 18.2 Å². The van der Waals surface area contributed by atoms with Crippen LogP contribution in [0.3, 0.4) is 0 Å². The lowest BCUT2D eigenvalue weighted by Crippen LogP contribution is -2.38. The largest absolute Gasteiger partial charge is 0.489 e. The van der Waals surface area contributed by atoms with Gasteiger partial charge in [-0.15, -0.1) is 0 Å². The third-order valence-electron chi connectivity index (χ3n) is 4.82. The minimum absolute atomic E-state index is 0.120. The number of anilines is 1. The number of hydrogen-bond donors (Lipinski definition) is 1. The maximum absolute atomic E-state index is 13.0. The highest BCUT2D eigenvalue weighted by Crippen LogP contribution is 2.22. The van der Waals surface area contributed by atoms with Crippen LogP contribution in [0.1, 0.15) is 16.7 Å². The fourth-order valence-corrected chi connectivity index (χ4v) is 3.28. The maximum atomic E-state index is 13.0. The Balaban J connectivity index is 1.36. The van der Waals surface area contributed by atoms with Crippen molar-refractivity contribution in [3.05, 3.63) is 95.3 Å². The summed E-state index contributed by atoms with van der Waals surface area (Å²) in [4.78, 5) is 14.5. The van der Waals surface area contributed by atoms with Crippen molar-refractivity contribution >= 4 is 11.7 Å². The topological polar surface area (TPSA) is 41.6 Å². The van der Waals surface area contributed by atoms with E-state index < -0.39 is 0 Å². The Labute approximate surface area is 163 Å². The molecule has 3 aromatic carbocycles. The third kappa shape index (κ3) is 4.31. The fourth-order valence-electron chi connectivity index (χ4n) is 3.28. The fraction of sp³-hybridized carbons (Fsp3) is 0.174. The van der Waals surface area contributed by atoms with Gasteiger partial charge in [0, 0.05) is 24.8 Å². The van der Waals surface area contributed by atoms with Crippen LogP contribution in [0.5, 0.6) is 5.75 Å². The molecule has 142 valence electrons. The highest BCUT2D eigenvalue weighted by atomic mass is 19.1. The monoisotopic (exact) mass is 376 g/mol. The molecule has 0 aromatic heterocycles. The molecule has 1 N–H and O–H groups in total. The molecule has 1 aliphatic heterocycles. The molecule has 1 aliphatic rings. The van der Waals surface area contributed by atoms with Crippen molar-refractivity contribution in [1.82, 2.24) is 4.90 Å². The number of urea groups is 1. The first kappa shape index (κ1) is 18.0. The summed E-state index contributed by atoms with van der Waals surface area (Å²) in [5.41, 5.74) is 4.06. The van der Waals surface area contributed by atoms with Crippen LogP contribution in [0.25, 0.3) is 0 Å². The number of halogens is 1. The summed E-state index contributed by atoms with van der Waals surface area (Å²) < 4.78 is 18.7. The molecule has 0 aliphatic carbocycles. The number of benzene rings is 3. The number of carbonyl (C=O) groups is 1. The summed E-state index contributed by atoms with van der Waals surface area (Å²) in [5, 5.41) is 2.95. The van der Waals surface area contributed by atoms with Crippen LogP contribution in [-0.2, 0) is 19.6 Å². The molecule has 0 unspecified atom stereocenters. The standard InChI is InChI=1S/C23H21FN2O2/c24-20-10-8-17(9-11-20)16-28-22-7-3-6-21(14-22)25-23(27)26-13-12-18-4-1-2-5-19(18)15-26/h1-11,14H,12-13,15-16H2,(H,25,27). The number of ether oxygens (including phenoxy) is 1. The Morgan fingerprint density at radius 1 is 1.00 bits per heavy atom. The van der Waals surface area contributed by atoms with E-state index in [0.29, 0.717) is 31.1 Å². The average Bonchev–Trinajstić information content (AvgIpc) is 2.73. The van der Waals surface area contributed by atoms with Crippen molar-refractivity contribution in [1.29, 1.82) is 0 Å². The van der Waals surface area contributed by atoms with Gasteiger partial charge in [0.15, 0.2) is 0 Å². The SMILES string of the molecule is O=C(Nc1cccc(OCc2ccc(F)cc2)c1)N1CCc2ccccc2C1. The molecule has 5 heteroatoms. The lowest BCUT2D eigenvalue weighted by Gasteiger charge is -2.29. The van der Waals surface area contributed by atoms with Crippen molar-refractivity contribution in [3.8, 4) is 5.75 Å². The van der Waals surface area contributed by atoms with E-state index in [-0.39, 0.29) is 11.8 Å². The van der Waals surface area contributed by atoms with Gasteiger partial charge in [-0.3, -0.25) is 0 Å². The zero-order valence-corrected chi connectivity index (χ0v) is 15.4. The molecule has 0 atom stereocenters. The summed E-state index contributed by atoms with van der Waals surface area (Å²) in [6.45, 7) is 1.65. The van der Waals surface area contributed by atoms with Gasteiger partial charge >= 0.3 is 6.03 Å². The minimum atomic E-state index is -0.270. The molecular formula is C23H21FN2O2. The molecule has 28 heavy (non-hydrogen) atoms. The van der Waals surface area contributed by atoms with Gasteiger partial charge < -0.3 is 15.0 Å². The third-order valence-corrected chi connectivity index (χ3v) is 4.82. The van der Waals surface area contributed by atoms with Crippen LogP contribution < -0.4 is 10.1 Å². The van der Waals surface area contributed by atoms with Crippen molar-refractivity contribution in [2.75, 3.05) is 11.9 Å². The predicted molar refractivity (Wildman–Crippen MR) is 107 cm³/mol. The van der Waals surface area contributed by atoms with E-state index in [0.717, 1.165) is 12.0 Å². The van der Waals surface area contributed by atoms with E-state index in [4.69, 9.17) is 4.74 Å². The number of amides is 2. The molecule has 3 aromatic rings. The summed E-state index contributed by atoms with van der Waals surface area (Å²) in [6.07, 6.45) is 0.865. The van der Waals surface area contributed by atoms with Crippen LogP contribution in [-0.4, -0.2) is 17.5 Å². The summed E-state index contributed by atoms with van der Waals surface area (Å²) in [5.74, 6) is 0.375. The first-order valence-corrected chi connectivity index (χ1v) is 9.27. The van der Waals surface area contributed by atoms with Crippen molar-refractivity contribution in [3.63, 3.8) is 0 Å². The second-order valence-corrected chi connectivity index (χ2v) is 6.81. The first-order valence-electron chi connectivity index (χ1n) is 9.27. The van der Waals surface area contributed by atoms with Gasteiger partial charge in [0.25, 0.3) is 0 Å². The van der Waals surface area contributed by atoms with Gasteiger partial charge in [-0.05, 0) is 47.4 Å². The number of nitrogens with one attached hydrogen (secondary N) is 1. The van der Waals surface area contributed by atoms with Gasteiger partial charge in [0.2, 0.25) is 0 Å². The van der Waals surface area contributed by atoms with Crippen molar-refractivity contribution < 1.29 is 13.9 Å². The summed E-state index contributed by atoms with van der Waals surface area (Å²) >= 11 is 0. The second kappa shape index (κ2) is 8.13. The van der Waals surface area contributed by atoms with Gasteiger partial charge in [0.05, 0.1) is 0 Å². The van der Waals surface area contributed by atoms with Gasteiger partial charge in [-0.25, -0.2) is 9.18 Å². The highest BCUT2D eigenvalue weighted by Gasteiger charge is 2.20. The van der Waals surface area contributed by atoms with Crippen LogP contribution >= 0.6 is 0 Å². The molecule has 0 fully saturated rings. The lowest BCUT2D eigenvalue weighted by atomic mass is 10.0. The Bertz CT molecular complexity index is 972. The molecule has 0 radical (unpaired) electrons. The average molecular weight is 376 g/mol. The van der Waals surface area contributed by atoms with E-state index >= 15 is 0 Å². The number of fused-ring (bicyclic) bond motifs is 1. The highest BCUT2D eigenvalue weighted by molar-refractivity contribution is 5.89. The van der Waals surface area contributed by atoms with Gasteiger partial charge in [-0.2, -0.15) is 0 Å². The normalized spacial score (nSPS) is 13.0. The second-order valence-electron chi connectivity index (χ2n) is 6.81. The quantitative estimate of drug-likeness (QED) is 0.697. The summed E-state index contributed by atoms with van der Waals surface area (Å²) in [7, 11) is 0. The minimum Gasteiger partial charge on any atom is -0.489 e. The number of rotatable bonds is 4. The molecule has 1 heterocycles. The Hall–Kier alpha value is -3.34. The number of nitrogens with zero attached hydrogens (tertiary/aromatic N) is 1. The van der Waals surface area contributed by atoms with E-state index in [1.165, 1.54) is 23.3 Å². The van der Waals surface area contributed by atoms with E-state index in [1.54, 1.807) is 18.2 Å². The first-order chi connectivity index (χ1) is 13.7. The van der Waals surface area contributed by atoms with Crippen LogP contribution in [0.4, 0.5) is 14.9 Å². The molecule has 0 bridgehead atoms. The zero-order chi connectivity index (χ0) is 19.3. The van der Waals surface area contributed by atoms with E-state index in [2.05, 4.69) is 17.4 Å². The van der Waals surface area contributed by atoms with E-state index in [1.807, 2.05) is 35.2 Å². The molecule has 4 rings (SSSR count). The van der Waals surface area contributed by atoms with Gasteiger partial charge in [-0.1, -0.05) is 42.5 Å². The Morgan fingerprint density at radius 2 is 1.79 bits per heavy atom. The maximum Gasteiger partial charge on any atom is 0.322 e.